The molecule has 0 radical (unpaired) electrons. The van der Waals surface area contributed by atoms with E-state index in [1.807, 2.05) is 6.07 Å². The highest BCUT2D eigenvalue weighted by molar-refractivity contribution is 6.33. The first-order valence-corrected chi connectivity index (χ1v) is 12.1. The zero-order valence-electron chi connectivity index (χ0n) is 19.1. The van der Waals surface area contributed by atoms with Gasteiger partial charge in [-0.25, -0.2) is 14.4 Å². The molecule has 3 heterocycles. The van der Waals surface area contributed by atoms with E-state index in [4.69, 9.17) is 21.1 Å². The molecule has 0 unspecified atom stereocenters. The molecular formula is C24H30ClFN6O2. The van der Waals surface area contributed by atoms with Crippen LogP contribution < -0.4 is 15.4 Å². The predicted molar refractivity (Wildman–Crippen MR) is 128 cm³/mol. The number of alkyl halides is 1. The van der Waals surface area contributed by atoms with Crippen LogP contribution in [0.15, 0.2) is 24.7 Å². The van der Waals surface area contributed by atoms with E-state index in [0.717, 1.165) is 31.5 Å². The van der Waals surface area contributed by atoms with Gasteiger partial charge in [0.2, 0.25) is 5.88 Å². The van der Waals surface area contributed by atoms with Gasteiger partial charge in [0, 0.05) is 43.6 Å². The van der Waals surface area contributed by atoms with Crippen LogP contribution in [-0.4, -0.2) is 60.1 Å². The van der Waals surface area contributed by atoms with Crippen LogP contribution in [-0.2, 0) is 4.74 Å². The van der Waals surface area contributed by atoms with Gasteiger partial charge in [0.25, 0.3) is 0 Å². The van der Waals surface area contributed by atoms with Crippen LogP contribution in [0.1, 0.15) is 38.5 Å². The van der Waals surface area contributed by atoms with Crippen molar-refractivity contribution in [3.8, 4) is 23.2 Å². The fourth-order valence-electron chi connectivity index (χ4n) is 4.43. The summed E-state index contributed by atoms with van der Waals surface area (Å²) >= 11 is 6.44. The molecule has 2 aromatic rings. The van der Waals surface area contributed by atoms with Crippen LogP contribution in [0.3, 0.4) is 0 Å². The van der Waals surface area contributed by atoms with E-state index < -0.39 is 5.41 Å². The first-order valence-electron chi connectivity index (χ1n) is 11.8. The predicted octanol–water partition coefficient (Wildman–Crippen LogP) is 4.17. The fraction of sp³-hybridized carbons (Fsp3) is 0.583. The SMILES string of the molecule is N#CC1(COc2cncc(-c3cc(N[C@H]4CC[C@H](NCCF)CC4)ncc3Cl)n2)CCOCC1. The Bertz CT molecular complexity index is 990. The zero-order valence-corrected chi connectivity index (χ0v) is 19.9. The van der Waals surface area contributed by atoms with E-state index in [1.54, 1.807) is 12.4 Å². The van der Waals surface area contributed by atoms with Crippen molar-refractivity contribution in [3.63, 3.8) is 0 Å². The second kappa shape index (κ2) is 11.7. The Morgan fingerprint density at radius 3 is 2.68 bits per heavy atom. The fourth-order valence-corrected chi connectivity index (χ4v) is 4.63. The normalized spacial score (nSPS) is 22.0. The standard InChI is InChI=1S/C24H30ClFN6O2/c25-20-12-30-22(31-18-3-1-17(2-4-18)29-8-7-26)11-19(20)21-13-28-14-23(32-21)34-16-24(15-27)5-9-33-10-6-24/h11-14,17-18,29H,1-10,16H2,(H,30,31)/t17-,18-. The summed E-state index contributed by atoms with van der Waals surface area (Å²) in [4.78, 5) is 13.3. The Morgan fingerprint density at radius 1 is 1.18 bits per heavy atom. The summed E-state index contributed by atoms with van der Waals surface area (Å²) in [6.07, 6.45) is 10.0. The third-order valence-corrected chi connectivity index (χ3v) is 6.84. The lowest BCUT2D eigenvalue weighted by molar-refractivity contribution is 0.0182. The number of anilines is 1. The molecule has 8 nitrogen and oxygen atoms in total. The van der Waals surface area contributed by atoms with Crippen LogP contribution in [0, 0.1) is 16.7 Å². The molecule has 1 saturated heterocycles. The van der Waals surface area contributed by atoms with Gasteiger partial charge in [-0.15, -0.1) is 0 Å². The number of hydrogen-bond acceptors (Lipinski definition) is 8. The van der Waals surface area contributed by atoms with E-state index >= 15 is 0 Å². The van der Waals surface area contributed by atoms with Gasteiger partial charge in [0.05, 0.1) is 34.6 Å². The topological polar surface area (TPSA) is 105 Å². The number of nitrogens with one attached hydrogen (secondary N) is 2. The lowest BCUT2D eigenvalue weighted by Crippen LogP contribution is -2.37. The van der Waals surface area contributed by atoms with Crippen molar-refractivity contribution in [2.45, 2.75) is 50.6 Å². The quantitative estimate of drug-likeness (QED) is 0.541. The van der Waals surface area contributed by atoms with E-state index in [2.05, 4.69) is 31.7 Å². The number of pyridine rings is 1. The smallest absolute Gasteiger partial charge is 0.232 e. The highest BCUT2D eigenvalue weighted by Gasteiger charge is 2.34. The van der Waals surface area contributed by atoms with Gasteiger partial charge in [-0.05, 0) is 44.6 Å². The number of aromatic nitrogens is 3. The van der Waals surface area contributed by atoms with Gasteiger partial charge in [0.15, 0.2) is 0 Å². The molecule has 4 rings (SSSR count). The lowest BCUT2D eigenvalue weighted by atomic mass is 9.83. The van der Waals surface area contributed by atoms with Crippen LogP contribution in [0.4, 0.5) is 10.2 Å². The molecule has 0 spiro atoms. The van der Waals surface area contributed by atoms with Gasteiger partial charge < -0.3 is 20.1 Å². The molecule has 0 bridgehead atoms. The Hall–Kier alpha value is -2.54. The second-order valence-electron chi connectivity index (χ2n) is 8.92. The zero-order chi connectivity index (χ0) is 23.8. The molecule has 1 saturated carbocycles. The highest BCUT2D eigenvalue weighted by atomic mass is 35.5. The molecular weight excluding hydrogens is 459 g/mol. The van der Waals surface area contributed by atoms with Gasteiger partial charge >= 0.3 is 0 Å². The number of halogens is 2. The molecule has 10 heteroatoms. The molecule has 2 aliphatic rings. The molecule has 1 aliphatic carbocycles. The minimum Gasteiger partial charge on any atom is -0.475 e. The number of ether oxygens (including phenoxy) is 2. The number of hydrogen-bond donors (Lipinski definition) is 2. The molecule has 182 valence electrons. The Labute approximate surface area is 204 Å². The molecule has 2 aromatic heterocycles. The largest absolute Gasteiger partial charge is 0.475 e. The van der Waals surface area contributed by atoms with Crippen molar-refractivity contribution in [2.75, 3.05) is 38.4 Å². The summed E-state index contributed by atoms with van der Waals surface area (Å²) in [7, 11) is 0. The van der Waals surface area contributed by atoms with Crippen molar-refractivity contribution < 1.29 is 13.9 Å². The number of nitriles is 1. The Balaban J connectivity index is 1.40. The minimum atomic E-state index is -0.568. The Morgan fingerprint density at radius 2 is 1.94 bits per heavy atom. The molecule has 2 fully saturated rings. The average molecular weight is 489 g/mol. The second-order valence-corrected chi connectivity index (χ2v) is 9.33. The molecule has 34 heavy (non-hydrogen) atoms. The summed E-state index contributed by atoms with van der Waals surface area (Å²) in [5, 5.41) is 16.8. The maximum Gasteiger partial charge on any atom is 0.232 e. The summed E-state index contributed by atoms with van der Waals surface area (Å²) < 4.78 is 23.6. The van der Waals surface area contributed by atoms with Crippen LogP contribution in [0.5, 0.6) is 5.88 Å². The molecule has 1 aliphatic heterocycles. The van der Waals surface area contributed by atoms with Crippen molar-refractivity contribution >= 4 is 17.4 Å². The van der Waals surface area contributed by atoms with E-state index in [-0.39, 0.29) is 13.3 Å². The maximum absolute atomic E-state index is 12.4. The third kappa shape index (κ3) is 6.32. The lowest BCUT2D eigenvalue weighted by Gasteiger charge is -2.30. The first kappa shape index (κ1) is 24.6. The van der Waals surface area contributed by atoms with E-state index in [0.29, 0.717) is 66.8 Å². The average Bonchev–Trinajstić information content (AvgIpc) is 2.89. The van der Waals surface area contributed by atoms with Crippen molar-refractivity contribution in [2.24, 2.45) is 5.41 Å². The Kier molecular flexibility index (Phi) is 8.48. The van der Waals surface area contributed by atoms with Crippen molar-refractivity contribution in [1.29, 1.82) is 5.26 Å². The highest BCUT2D eigenvalue weighted by Crippen LogP contribution is 2.32. The summed E-state index contributed by atoms with van der Waals surface area (Å²) in [5.41, 5.74) is 0.711. The molecule has 0 atom stereocenters. The number of rotatable bonds is 9. The van der Waals surface area contributed by atoms with Crippen LogP contribution >= 0.6 is 11.6 Å². The third-order valence-electron chi connectivity index (χ3n) is 6.53. The van der Waals surface area contributed by atoms with E-state index in [9.17, 15) is 9.65 Å². The number of nitrogens with zero attached hydrogens (tertiary/aromatic N) is 4. The summed E-state index contributed by atoms with van der Waals surface area (Å²) in [6, 6.07) is 4.94. The summed E-state index contributed by atoms with van der Waals surface area (Å²) in [5.74, 6) is 1.07. The van der Waals surface area contributed by atoms with Gasteiger partial charge in [0.1, 0.15) is 19.1 Å². The van der Waals surface area contributed by atoms with Crippen molar-refractivity contribution in [3.05, 3.63) is 29.7 Å². The monoisotopic (exact) mass is 488 g/mol. The maximum atomic E-state index is 12.4. The molecule has 2 N–H and O–H groups in total. The summed E-state index contributed by atoms with van der Waals surface area (Å²) in [6.45, 7) is 1.44. The van der Waals surface area contributed by atoms with Gasteiger partial charge in [-0.3, -0.25) is 4.98 Å². The van der Waals surface area contributed by atoms with E-state index in [1.165, 1.54) is 6.20 Å². The van der Waals surface area contributed by atoms with Crippen LogP contribution in [0.2, 0.25) is 5.02 Å². The van der Waals surface area contributed by atoms with Crippen LogP contribution in [0.25, 0.3) is 11.3 Å². The van der Waals surface area contributed by atoms with Gasteiger partial charge in [-0.2, -0.15) is 5.26 Å². The van der Waals surface area contributed by atoms with Crippen molar-refractivity contribution in [1.82, 2.24) is 20.3 Å². The first-order chi connectivity index (χ1) is 16.6. The molecule has 0 aromatic carbocycles. The minimum absolute atomic E-state index is 0.241. The molecule has 0 amide bonds. The van der Waals surface area contributed by atoms with Gasteiger partial charge in [-0.1, -0.05) is 11.6 Å².